The van der Waals surface area contributed by atoms with E-state index in [4.69, 9.17) is 4.98 Å². The monoisotopic (exact) mass is 324 g/mol. The van der Waals surface area contributed by atoms with E-state index in [9.17, 15) is 4.79 Å². The Bertz CT molecular complexity index is 810. The standard InChI is InChI=1S/C19H24N4O/c1-19(2,22-17(24)15-12-9-20-10-13(12)15)18-21-16(11-6-7-11)14-5-3-4-8-23(14)18/h3-5,8,11-13,15,20H,6-7,9-10H2,1-2H3,(H,22,24)/t12-,13?,15+/m0/s1. The van der Waals surface area contributed by atoms with Crippen molar-refractivity contribution >= 4 is 11.4 Å². The molecule has 1 saturated heterocycles. The molecular weight excluding hydrogens is 300 g/mol. The molecule has 1 aliphatic heterocycles. The number of fused-ring (bicyclic) bond motifs is 2. The summed E-state index contributed by atoms with van der Waals surface area (Å²) in [5.74, 6) is 3.00. The molecule has 0 radical (unpaired) electrons. The molecule has 5 nitrogen and oxygen atoms in total. The number of piperidine rings is 1. The van der Waals surface area contributed by atoms with Gasteiger partial charge in [-0.15, -0.1) is 0 Å². The van der Waals surface area contributed by atoms with E-state index in [0.29, 0.717) is 17.8 Å². The van der Waals surface area contributed by atoms with Crippen molar-refractivity contribution in [2.75, 3.05) is 13.1 Å². The van der Waals surface area contributed by atoms with Gasteiger partial charge in [-0.2, -0.15) is 0 Å². The molecule has 0 bridgehead atoms. The molecule has 3 aliphatic rings. The first-order chi connectivity index (χ1) is 11.6. The number of hydrogen-bond acceptors (Lipinski definition) is 3. The van der Waals surface area contributed by atoms with Crippen LogP contribution < -0.4 is 10.6 Å². The van der Waals surface area contributed by atoms with Gasteiger partial charge in [0.25, 0.3) is 0 Å². The third kappa shape index (κ3) is 2.10. The topological polar surface area (TPSA) is 58.4 Å². The van der Waals surface area contributed by atoms with Gasteiger partial charge in [0.1, 0.15) is 5.82 Å². The summed E-state index contributed by atoms with van der Waals surface area (Å²) in [5.41, 5.74) is 1.91. The van der Waals surface area contributed by atoms with Crippen LogP contribution in [-0.4, -0.2) is 28.4 Å². The number of nitrogens with one attached hydrogen (secondary N) is 2. The normalized spacial score (nSPS) is 28.8. The van der Waals surface area contributed by atoms with Crippen LogP contribution in [0.4, 0.5) is 0 Å². The van der Waals surface area contributed by atoms with E-state index in [1.54, 1.807) is 0 Å². The lowest BCUT2D eigenvalue weighted by Crippen LogP contribution is -2.44. The first-order valence-electron chi connectivity index (χ1n) is 9.06. The lowest BCUT2D eigenvalue weighted by atomic mass is 10.0. The highest BCUT2D eigenvalue weighted by molar-refractivity contribution is 5.83. The fourth-order valence-electron chi connectivity index (χ4n) is 4.41. The van der Waals surface area contributed by atoms with Crippen molar-refractivity contribution in [2.24, 2.45) is 17.8 Å². The average molecular weight is 324 g/mol. The minimum absolute atomic E-state index is 0.192. The Morgan fingerprint density at radius 2 is 2.04 bits per heavy atom. The second-order valence-electron chi connectivity index (χ2n) is 8.18. The summed E-state index contributed by atoms with van der Waals surface area (Å²) in [5, 5.41) is 6.63. The summed E-state index contributed by atoms with van der Waals surface area (Å²) in [6.45, 7) is 6.11. The molecule has 3 fully saturated rings. The summed E-state index contributed by atoms with van der Waals surface area (Å²) >= 11 is 0. The van der Waals surface area contributed by atoms with E-state index >= 15 is 0 Å². The molecule has 2 aliphatic carbocycles. The highest BCUT2D eigenvalue weighted by atomic mass is 16.2. The van der Waals surface area contributed by atoms with Gasteiger partial charge in [0.15, 0.2) is 0 Å². The molecule has 3 heterocycles. The van der Waals surface area contributed by atoms with E-state index in [2.05, 4.69) is 47.2 Å². The maximum Gasteiger partial charge on any atom is 0.224 e. The maximum atomic E-state index is 12.7. The van der Waals surface area contributed by atoms with Crippen LogP contribution in [-0.2, 0) is 10.3 Å². The minimum Gasteiger partial charge on any atom is -0.344 e. The highest BCUT2D eigenvalue weighted by Crippen LogP contribution is 2.49. The first-order valence-corrected chi connectivity index (χ1v) is 9.06. The molecule has 2 aromatic heterocycles. The molecule has 5 heteroatoms. The quantitative estimate of drug-likeness (QED) is 0.905. The Kier molecular flexibility index (Phi) is 2.90. The van der Waals surface area contributed by atoms with Crippen molar-refractivity contribution in [2.45, 2.75) is 38.1 Å². The van der Waals surface area contributed by atoms with Crippen LogP contribution in [0.2, 0.25) is 0 Å². The Balaban J connectivity index is 1.46. The summed E-state index contributed by atoms with van der Waals surface area (Å²) < 4.78 is 2.16. The predicted molar refractivity (Wildman–Crippen MR) is 91.7 cm³/mol. The van der Waals surface area contributed by atoms with Gasteiger partial charge < -0.3 is 15.0 Å². The minimum atomic E-state index is -0.473. The number of nitrogens with zero attached hydrogens (tertiary/aromatic N) is 2. The van der Waals surface area contributed by atoms with E-state index in [0.717, 1.165) is 18.9 Å². The fourth-order valence-corrected chi connectivity index (χ4v) is 4.41. The molecule has 2 N–H and O–H groups in total. The second-order valence-corrected chi connectivity index (χ2v) is 8.18. The van der Waals surface area contributed by atoms with Crippen molar-refractivity contribution in [1.82, 2.24) is 20.0 Å². The van der Waals surface area contributed by atoms with Crippen LogP contribution in [0, 0.1) is 17.8 Å². The molecule has 24 heavy (non-hydrogen) atoms. The van der Waals surface area contributed by atoms with Crippen molar-refractivity contribution < 1.29 is 4.79 Å². The second kappa shape index (κ2) is 4.82. The number of amides is 1. The Morgan fingerprint density at radius 3 is 2.75 bits per heavy atom. The molecule has 0 aromatic carbocycles. The molecule has 126 valence electrons. The van der Waals surface area contributed by atoms with E-state index in [1.807, 2.05) is 6.07 Å². The number of pyridine rings is 1. The van der Waals surface area contributed by atoms with Crippen molar-refractivity contribution in [1.29, 1.82) is 0 Å². The van der Waals surface area contributed by atoms with Gasteiger partial charge in [-0.25, -0.2) is 4.98 Å². The summed E-state index contributed by atoms with van der Waals surface area (Å²) in [4.78, 5) is 17.7. The summed E-state index contributed by atoms with van der Waals surface area (Å²) in [6, 6.07) is 6.24. The first kappa shape index (κ1) is 14.5. The molecule has 2 saturated carbocycles. The molecule has 0 spiro atoms. The summed E-state index contributed by atoms with van der Waals surface area (Å²) in [7, 11) is 0. The van der Waals surface area contributed by atoms with Crippen LogP contribution in [0.15, 0.2) is 24.4 Å². The maximum absolute atomic E-state index is 12.7. The smallest absolute Gasteiger partial charge is 0.224 e. The number of hydrogen-bond donors (Lipinski definition) is 2. The zero-order valence-electron chi connectivity index (χ0n) is 14.2. The largest absolute Gasteiger partial charge is 0.344 e. The SMILES string of the molecule is CC(C)(NC(=O)[C@H]1C2CNC[C@@H]21)c1nc(C2CC2)c2ccccn12. The van der Waals surface area contributed by atoms with Gasteiger partial charge in [0.2, 0.25) is 5.91 Å². The van der Waals surface area contributed by atoms with Crippen molar-refractivity contribution in [3.05, 3.63) is 35.9 Å². The molecule has 1 unspecified atom stereocenters. The van der Waals surface area contributed by atoms with Gasteiger partial charge in [-0.05, 0) is 63.7 Å². The third-order valence-electron chi connectivity index (χ3n) is 5.93. The number of aromatic nitrogens is 2. The molecule has 1 amide bonds. The van der Waals surface area contributed by atoms with Gasteiger partial charge in [-0.3, -0.25) is 4.79 Å². The highest BCUT2D eigenvalue weighted by Gasteiger charge is 2.57. The molecule has 3 atom stereocenters. The summed E-state index contributed by atoms with van der Waals surface area (Å²) in [6.07, 6.45) is 4.52. The number of imidazole rings is 1. The Morgan fingerprint density at radius 1 is 1.29 bits per heavy atom. The van der Waals surface area contributed by atoms with Crippen LogP contribution in [0.3, 0.4) is 0 Å². The molecule has 2 aromatic rings. The van der Waals surface area contributed by atoms with Crippen LogP contribution in [0.25, 0.3) is 5.52 Å². The third-order valence-corrected chi connectivity index (χ3v) is 5.93. The Labute approximate surface area is 141 Å². The fraction of sp³-hybridized carbons (Fsp3) is 0.579. The zero-order valence-corrected chi connectivity index (χ0v) is 14.2. The van der Waals surface area contributed by atoms with Gasteiger partial charge in [0.05, 0.1) is 16.7 Å². The lowest BCUT2D eigenvalue weighted by Gasteiger charge is -2.25. The molecule has 5 rings (SSSR count). The van der Waals surface area contributed by atoms with Gasteiger partial charge >= 0.3 is 0 Å². The number of rotatable bonds is 4. The van der Waals surface area contributed by atoms with E-state index in [-0.39, 0.29) is 11.8 Å². The van der Waals surface area contributed by atoms with Gasteiger partial charge in [-0.1, -0.05) is 6.07 Å². The van der Waals surface area contributed by atoms with Crippen LogP contribution >= 0.6 is 0 Å². The van der Waals surface area contributed by atoms with Crippen LogP contribution in [0.5, 0.6) is 0 Å². The average Bonchev–Trinajstić information content (AvgIpc) is 3.43. The van der Waals surface area contributed by atoms with Crippen molar-refractivity contribution in [3.63, 3.8) is 0 Å². The van der Waals surface area contributed by atoms with Gasteiger partial charge in [0, 0.05) is 18.0 Å². The molecular formula is C19H24N4O. The van der Waals surface area contributed by atoms with E-state index in [1.165, 1.54) is 24.1 Å². The van der Waals surface area contributed by atoms with E-state index < -0.39 is 5.54 Å². The van der Waals surface area contributed by atoms with Crippen molar-refractivity contribution in [3.8, 4) is 0 Å². The predicted octanol–water partition coefficient (Wildman–Crippen LogP) is 2.03. The lowest BCUT2D eigenvalue weighted by molar-refractivity contribution is -0.124. The Hall–Kier alpha value is -1.88. The number of carbonyl (C=O) groups excluding carboxylic acids is 1. The zero-order chi connectivity index (χ0) is 16.5. The number of carbonyl (C=O) groups is 1. The van der Waals surface area contributed by atoms with Crippen LogP contribution in [0.1, 0.15) is 44.1 Å².